The number of hydrogen-bond acceptors (Lipinski definition) is 7. The monoisotopic (exact) mass is 478 g/mol. The van der Waals surface area contributed by atoms with E-state index in [1.165, 1.54) is 5.56 Å². The molecular weight excluding hydrogens is 448 g/mol. The second kappa shape index (κ2) is 9.83. The molecule has 1 N–H and O–H groups in total. The second-order valence-corrected chi connectivity index (χ2v) is 9.61. The maximum Gasteiger partial charge on any atom is 0.154 e. The molecule has 0 unspecified atom stereocenters. The number of fused-ring (bicyclic) bond motifs is 1. The molecule has 0 amide bonds. The molecule has 0 aliphatic rings. The summed E-state index contributed by atoms with van der Waals surface area (Å²) in [5.41, 5.74) is 7.98. The predicted molar refractivity (Wildman–Crippen MR) is 144 cm³/mol. The number of pyridine rings is 2. The number of aromatic nitrogens is 6. The molecule has 36 heavy (non-hydrogen) atoms. The Hall–Kier alpha value is -4.17. The maximum absolute atomic E-state index is 4.81. The van der Waals surface area contributed by atoms with E-state index >= 15 is 0 Å². The quantitative estimate of drug-likeness (QED) is 0.334. The lowest BCUT2D eigenvalue weighted by Gasteiger charge is -2.10. The van der Waals surface area contributed by atoms with Gasteiger partial charge in [0, 0.05) is 42.7 Å². The minimum absolute atomic E-state index is 0.371. The zero-order valence-corrected chi connectivity index (χ0v) is 21.3. The van der Waals surface area contributed by atoms with Gasteiger partial charge in [0.15, 0.2) is 5.82 Å². The van der Waals surface area contributed by atoms with E-state index in [0.29, 0.717) is 17.6 Å². The van der Waals surface area contributed by atoms with E-state index in [1.807, 2.05) is 42.3 Å². The fourth-order valence-corrected chi connectivity index (χ4v) is 4.16. The molecule has 0 aliphatic heterocycles. The van der Waals surface area contributed by atoms with E-state index < -0.39 is 0 Å². The number of anilines is 2. The first-order valence-electron chi connectivity index (χ1n) is 12.0. The van der Waals surface area contributed by atoms with Crippen molar-refractivity contribution in [2.75, 3.05) is 19.4 Å². The summed E-state index contributed by atoms with van der Waals surface area (Å²) in [4.78, 5) is 11.6. The van der Waals surface area contributed by atoms with E-state index in [4.69, 9.17) is 10.1 Å². The lowest BCUT2D eigenvalue weighted by molar-refractivity contribution is 0.402. The number of rotatable bonds is 7. The predicted octanol–water partition coefficient (Wildman–Crippen LogP) is 5.42. The van der Waals surface area contributed by atoms with Crippen LogP contribution >= 0.6 is 0 Å². The molecule has 8 heteroatoms. The van der Waals surface area contributed by atoms with E-state index in [-0.39, 0.29) is 0 Å². The smallest absolute Gasteiger partial charge is 0.154 e. The molecule has 0 aliphatic carbocycles. The van der Waals surface area contributed by atoms with Crippen molar-refractivity contribution in [3.63, 3.8) is 0 Å². The van der Waals surface area contributed by atoms with Gasteiger partial charge in [-0.3, -0.25) is 9.67 Å². The van der Waals surface area contributed by atoms with Crippen molar-refractivity contribution in [3.05, 3.63) is 78.2 Å². The Morgan fingerprint density at radius 1 is 0.917 bits per heavy atom. The van der Waals surface area contributed by atoms with Crippen molar-refractivity contribution in [2.24, 2.45) is 7.05 Å². The van der Waals surface area contributed by atoms with Crippen LogP contribution in [-0.2, 0) is 13.6 Å². The van der Waals surface area contributed by atoms with Gasteiger partial charge in [0.25, 0.3) is 0 Å². The molecule has 0 bridgehead atoms. The third-order valence-corrected chi connectivity index (χ3v) is 6.00. The van der Waals surface area contributed by atoms with Crippen LogP contribution in [-0.4, -0.2) is 48.9 Å². The van der Waals surface area contributed by atoms with Crippen molar-refractivity contribution >= 4 is 22.7 Å². The number of nitrogens with one attached hydrogen (secondary N) is 1. The van der Waals surface area contributed by atoms with Gasteiger partial charge in [-0.25, -0.2) is 4.98 Å². The van der Waals surface area contributed by atoms with Crippen molar-refractivity contribution in [1.29, 1.82) is 0 Å². The van der Waals surface area contributed by atoms with Crippen LogP contribution in [0, 0.1) is 0 Å². The molecule has 0 radical (unpaired) electrons. The van der Waals surface area contributed by atoms with Crippen LogP contribution in [0.5, 0.6) is 0 Å². The lowest BCUT2D eigenvalue weighted by atomic mass is 10.0. The van der Waals surface area contributed by atoms with Crippen LogP contribution in [0.3, 0.4) is 0 Å². The Morgan fingerprint density at radius 2 is 1.72 bits per heavy atom. The van der Waals surface area contributed by atoms with Crippen LogP contribution in [0.2, 0.25) is 0 Å². The van der Waals surface area contributed by atoms with E-state index in [9.17, 15) is 0 Å². The van der Waals surface area contributed by atoms with Gasteiger partial charge in [0.05, 0.1) is 17.2 Å². The number of aryl methyl sites for hydroxylation is 1. The topological polar surface area (TPSA) is 84.7 Å². The summed E-state index contributed by atoms with van der Waals surface area (Å²) in [5.74, 6) is 1.74. The SMILES string of the molecule is CC(C)c1cnnc(Nc2ccc3ncc(-c4cn(C)nc4-c4ccc(CN(C)C)cc4)cc3n2)c1. The highest BCUT2D eigenvalue weighted by Crippen LogP contribution is 2.32. The fraction of sp³-hybridized carbons (Fsp3) is 0.250. The standard InChI is InChI=1S/C28H30N8/c1-18(2)21-13-27(33-30-15-21)32-26-11-10-24-25(31-26)12-22(14-29-24)23-17-36(5)34-28(23)20-8-6-19(7-9-20)16-35(3)4/h6-15,17-18H,16H2,1-5H3,(H,31,32,33). The first kappa shape index (κ1) is 23.6. The molecule has 0 saturated carbocycles. The highest BCUT2D eigenvalue weighted by Gasteiger charge is 2.14. The maximum atomic E-state index is 4.81. The largest absolute Gasteiger partial charge is 0.323 e. The van der Waals surface area contributed by atoms with E-state index in [0.717, 1.165) is 45.5 Å². The normalized spacial score (nSPS) is 11.5. The van der Waals surface area contributed by atoms with Gasteiger partial charge in [-0.15, -0.1) is 5.10 Å². The van der Waals surface area contributed by atoms with Crippen LogP contribution in [0.15, 0.2) is 67.1 Å². The summed E-state index contributed by atoms with van der Waals surface area (Å²) in [6.07, 6.45) is 5.71. The molecule has 0 spiro atoms. The Kier molecular flexibility index (Phi) is 6.43. The first-order chi connectivity index (χ1) is 17.4. The summed E-state index contributed by atoms with van der Waals surface area (Å²) in [6.45, 7) is 5.17. The van der Waals surface area contributed by atoms with Gasteiger partial charge in [-0.2, -0.15) is 10.2 Å². The van der Waals surface area contributed by atoms with Gasteiger partial charge in [-0.05, 0) is 55.4 Å². The summed E-state index contributed by atoms with van der Waals surface area (Å²) in [5, 5.41) is 16.3. The molecule has 182 valence electrons. The summed E-state index contributed by atoms with van der Waals surface area (Å²) in [6, 6.07) is 16.5. The Labute approximate surface area is 211 Å². The molecule has 0 atom stereocenters. The molecule has 5 aromatic rings. The number of benzene rings is 1. The summed E-state index contributed by atoms with van der Waals surface area (Å²) >= 11 is 0. The zero-order chi connectivity index (χ0) is 25.2. The van der Waals surface area contributed by atoms with Crippen LogP contribution in [0.25, 0.3) is 33.4 Å². The average molecular weight is 479 g/mol. The Morgan fingerprint density at radius 3 is 2.47 bits per heavy atom. The lowest BCUT2D eigenvalue weighted by Crippen LogP contribution is -2.10. The van der Waals surface area contributed by atoms with Gasteiger partial charge in [0.2, 0.25) is 0 Å². The number of nitrogens with zero attached hydrogens (tertiary/aromatic N) is 7. The third-order valence-electron chi connectivity index (χ3n) is 6.00. The van der Waals surface area contributed by atoms with Crippen LogP contribution in [0.4, 0.5) is 11.6 Å². The van der Waals surface area contributed by atoms with Gasteiger partial charge in [0.1, 0.15) is 11.5 Å². The molecule has 4 heterocycles. The zero-order valence-electron chi connectivity index (χ0n) is 21.3. The van der Waals surface area contributed by atoms with Gasteiger partial charge < -0.3 is 10.2 Å². The van der Waals surface area contributed by atoms with Crippen molar-refractivity contribution in [3.8, 4) is 22.4 Å². The summed E-state index contributed by atoms with van der Waals surface area (Å²) in [7, 11) is 6.08. The molecule has 1 aromatic carbocycles. The van der Waals surface area contributed by atoms with Crippen molar-refractivity contribution in [2.45, 2.75) is 26.3 Å². The molecule has 5 rings (SSSR count). The number of hydrogen-bond donors (Lipinski definition) is 1. The minimum Gasteiger partial charge on any atom is -0.323 e. The highest BCUT2D eigenvalue weighted by atomic mass is 15.3. The fourth-order valence-electron chi connectivity index (χ4n) is 4.16. The van der Waals surface area contributed by atoms with Gasteiger partial charge >= 0.3 is 0 Å². The molecular formula is C28H30N8. The van der Waals surface area contributed by atoms with E-state index in [1.54, 1.807) is 6.20 Å². The summed E-state index contributed by atoms with van der Waals surface area (Å²) < 4.78 is 1.84. The Bertz CT molecular complexity index is 1500. The van der Waals surface area contributed by atoms with Crippen molar-refractivity contribution in [1.82, 2.24) is 34.8 Å². The average Bonchev–Trinajstić information content (AvgIpc) is 3.25. The van der Waals surface area contributed by atoms with Crippen LogP contribution < -0.4 is 5.32 Å². The van der Waals surface area contributed by atoms with Gasteiger partial charge in [-0.1, -0.05) is 38.1 Å². The molecule has 0 saturated heterocycles. The minimum atomic E-state index is 0.371. The highest BCUT2D eigenvalue weighted by molar-refractivity contribution is 5.86. The molecule has 4 aromatic heterocycles. The first-order valence-corrected chi connectivity index (χ1v) is 12.0. The third kappa shape index (κ3) is 5.08. The Balaban J connectivity index is 1.47. The molecule has 8 nitrogen and oxygen atoms in total. The van der Waals surface area contributed by atoms with Crippen molar-refractivity contribution < 1.29 is 0 Å². The molecule has 0 fully saturated rings. The van der Waals surface area contributed by atoms with E-state index in [2.05, 4.69) is 83.7 Å². The van der Waals surface area contributed by atoms with Crippen LogP contribution in [0.1, 0.15) is 30.9 Å². The second-order valence-electron chi connectivity index (χ2n) is 9.61.